The number of amides is 1. The summed E-state index contributed by atoms with van der Waals surface area (Å²) in [4.78, 5) is 14.5. The van der Waals surface area contributed by atoms with Crippen molar-refractivity contribution in [2.75, 3.05) is 11.1 Å². The first-order chi connectivity index (χ1) is 12.6. The summed E-state index contributed by atoms with van der Waals surface area (Å²) in [6.45, 7) is 5.77. The summed E-state index contributed by atoms with van der Waals surface area (Å²) in [5, 5.41) is 2.91. The monoisotopic (exact) mass is 360 g/mol. The first kappa shape index (κ1) is 17.8. The van der Waals surface area contributed by atoms with Gasteiger partial charge in [0.2, 0.25) is 0 Å². The second-order valence-corrected chi connectivity index (χ2v) is 6.95. The van der Waals surface area contributed by atoms with Crippen molar-refractivity contribution in [3.63, 3.8) is 0 Å². The summed E-state index contributed by atoms with van der Waals surface area (Å²) in [7, 11) is 0. The SMILES string of the molecule is C=Cc1ccccc1Sc1cc(C(=O)Nc2ccccc2)cc(C)c1N. The van der Waals surface area contributed by atoms with E-state index in [9.17, 15) is 4.79 Å². The Bertz CT molecular complexity index is 952. The predicted molar refractivity (Wildman–Crippen MR) is 111 cm³/mol. The first-order valence-electron chi connectivity index (χ1n) is 8.24. The number of nitrogen functional groups attached to an aromatic ring is 1. The van der Waals surface area contributed by atoms with Crippen molar-refractivity contribution in [3.05, 3.63) is 90.0 Å². The van der Waals surface area contributed by atoms with Crippen molar-refractivity contribution >= 4 is 35.1 Å². The molecule has 0 aliphatic heterocycles. The van der Waals surface area contributed by atoms with Crippen LogP contribution in [0.4, 0.5) is 11.4 Å². The lowest BCUT2D eigenvalue weighted by Gasteiger charge is -2.13. The number of anilines is 2. The van der Waals surface area contributed by atoms with Crippen LogP contribution >= 0.6 is 11.8 Å². The van der Waals surface area contributed by atoms with Crippen LogP contribution in [0.5, 0.6) is 0 Å². The van der Waals surface area contributed by atoms with Gasteiger partial charge in [0.25, 0.3) is 5.91 Å². The van der Waals surface area contributed by atoms with Crippen molar-refractivity contribution < 1.29 is 4.79 Å². The molecule has 0 aliphatic rings. The minimum absolute atomic E-state index is 0.154. The number of hydrogen-bond acceptors (Lipinski definition) is 3. The van der Waals surface area contributed by atoms with Crippen molar-refractivity contribution in [2.24, 2.45) is 0 Å². The van der Waals surface area contributed by atoms with Gasteiger partial charge in [0, 0.05) is 26.7 Å². The van der Waals surface area contributed by atoms with Gasteiger partial charge in [-0.2, -0.15) is 0 Å². The average molecular weight is 360 g/mol. The molecule has 130 valence electrons. The summed E-state index contributed by atoms with van der Waals surface area (Å²) in [5.74, 6) is -0.154. The maximum absolute atomic E-state index is 12.6. The smallest absolute Gasteiger partial charge is 0.255 e. The molecule has 3 aromatic rings. The van der Waals surface area contributed by atoms with Crippen molar-refractivity contribution in [1.82, 2.24) is 0 Å². The molecule has 4 heteroatoms. The van der Waals surface area contributed by atoms with Crippen LogP contribution in [-0.4, -0.2) is 5.91 Å². The van der Waals surface area contributed by atoms with Gasteiger partial charge in [-0.1, -0.05) is 60.8 Å². The van der Waals surface area contributed by atoms with Crippen LogP contribution in [0.25, 0.3) is 6.08 Å². The molecule has 26 heavy (non-hydrogen) atoms. The zero-order valence-corrected chi connectivity index (χ0v) is 15.3. The second-order valence-electron chi connectivity index (χ2n) is 5.87. The normalized spacial score (nSPS) is 10.3. The molecule has 3 rings (SSSR count). The van der Waals surface area contributed by atoms with Gasteiger partial charge in [0.15, 0.2) is 0 Å². The van der Waals surface area contributed by atoms with Gasteiger partial charge >= 0.3 is 0 Å². The summed E-state index contributed by atoms with van der Waals surface area (Å²) < 4.78 is 0. The summed E-state index contributed by atoms with van der Waals surface area (Å²) in [6, 6.07) is 21.0. The lowest BCUT2D eigenvalue weighted by molar-refractivity contribution is 0.102. The Kier molecular flexibility index (Phi) is 5.44. The predicted octanol–water partition coefficient (Wildman–Crippen LogP) is 5.62. The van der Waals surface area contributed by atoms with Gasteiger partial charge in [0.1, 0.15) is 0 Å². The number of rotatable bonds is 5. The molecule has 0 saturated carbocycles. The summed E-state index contributed by atoms with van der Waals surface area (Å²) >= 11 is 1.54. The fraction of sp³-hybridized carbons (Fsp3) is 0.0455. The van der Waals surface area contributed by atoms with Crippen molar-refractivity contribution in [2.45, 2.75) is 16.7 Å². The highest BCUT2D eigenvalue weighted by Crippen LogP contribution is 2.36. The van der Waals surface area contributed by atoms with E-state index in [0.717, 1.165) is 26.6 Å². The highest BCUT2D eigenvalue weighted by molar-refractivity contribution is 7.99. The number of para-hydroxylation sites is 1. The zero-order chi connectivity index (χ0) is 18.5. The van der Waals surface area contributed by atoms with E-state index < -0.39 is 0 Å². The number of nitrogens with one attached hydrogen (secondary N) is 1. The van der Waals surface area contributed by atoms with Gasteiger partial charge in [-0.3, -0.25) is 4.79 Å². The maximum atomic E-state index is 12.6. The fourth-order valence-electron chi connectivity index (χ4n) is 2.57. The van der Waals surface area contributed by atoms with Gasteiger partial charge in [-0.15, -0.1) is 0 Å². The third-order valence-electron chi connectivity index (χ3n) is 4.00. The lowest BCUT2D eigenvalue weighted by atomic mass is 10.1. The van der Waals surface area contributed by atoms with E-state index in [4.69, 9.17) is 5.73 Å². The third kappa shape index (κ3) is 3.98. The van der Waals surface area contributed by atoms with Crippen LogP contribution in [0, 0.1) is 6.92 Å². The van der Waals surface area contributed by atoms with Gasteiger partial charge < -0.3 is 11.1 Å². The first-order valence-corrected chi connectivity index (χ1v) is 9.06. The second kappa shape index (κ2) is 7.93. The highest BCUT2D eigenvalue weighted by atomic mass is 32.2. The molecule has 0 fully saturated rings. The van der Waals surface area contributed by atoms with E-state index >= 15 is 0 Å². The van der Waals surface area contributed by atoms with Crippen LogP contribution in [-0.2, 0) is 0 Å². The van der Waals surface area contributed by atoms with Gasteiger partial charge in [-0.25, -0.2) is 0 Å². The van der Waals surface area contributed by atoms with Crippen LogP contribution in [0.2, 0.25) is 0 Å². The van der Waals surface area contributed by atoms with Crippen molar-refractivity contribution in [1.29, 1.82) is 0 Å². The molecule has 3 N–H and O–H groups in total. The Balaban J connectivity index is 1.92. The van der Waals surface area contributed by atoms with Crippen molar-refractivity contribution in [3.8, 4) is 0 Å². The minimum Gasteiger partial charge on any atom is -0.398 e. The Morgan fingerprint density at radius 3 is 2.46 bits per heavy atom. The van der Waals surface area contributed by atoms with Crippen LogP contribution in [0.3, 0.4) is 0 Å². The van der Waals surface area contributed by atoms with E-state index in [0.29, 0.717) is 11.3 Å². The fourth-order valence-corrected chi connectivity index (χ4v) is 3.68. The molecule has 0 aromatic heterocycles. The Morgan fingerprint density at radius 2 is 1.73 bits per heavy atom. The summed E-state index contributed by atoms with van der Waals surface area (Å²) in [5.41, 5.74) is 10.2. The van der Waals surface area contributed by atoms with E-state index in [1.54, 1.807) is 11.8 Å². The van der Waals surface area contributed by atoms with E-state index in [1.807, 2.05) is 79.7 Å². The van der Waals surface area contributed by atoms with E-state index in [2.05, 4.69) is 11.9 Å². The van der Waals surface area contributed by atoms with Crippen LogP contribution < -0.4 is 11.1 Å². The van der Waals surface area contributed by atoms with Crippen LogP contribution in [0.15, 0.2) is 83.1 Å². The molecule has 0 heterocycles. The molecule has 0 saturated heterocycles. The molecule has 3 nitrogen and oxygen atoms in total. The number of carbonyl (C=O) groups excluding carboxylic acids is 1. The molecule has 0 radical (unpaired) electrons. The lowest BCUT2D eigenvalue weighted by Crippen LogP contribution is -2.12. The maximum Gasteiger partial charge on any atom is 0.255 e. The minimum atomic E-state index is -0.154. The molecule has 0 unspecified atom stereocenters. The molecule has 0 aliphatic carbocycles. The number of hydrogen-bond donors (Lipinski definition) is 2. The number of nitrogens with two attached hydrogens (primary N) is 1. The Labute approximate surface area is 157 Å². The standard InChI is InChI=1S/C22H20N2OS/c1-3-16-9-7-8-12-19(16)26-20-14-17(13-15(2)21(20)23)22(25)24-18-10-5-4-6-11-18/h3-14H,1,23H2,2H3,(H,24,25). The molecular formula is C22H20N2OS. The van der Waals surface area contributed by atoms with Gasteiger partial charge in [-0.05, 0) is 48.4 Å². The van der Waals surface area contributed by atoms with E-state index in [1.165, 1.54) is 0 Å². The molecule has 1 amide bonds. The third-order valence-corrected chi connectivity index (χ3v) is 5.15. The largest absolute Gasteiger partial charge is 0.398 e. The molecular weight excluding hydrogens is 340 g/mol. The van der Waals surface area contributed by atoms with Crippen LogP contribution in [0.1, 0.15) is 21.5 Å². The van der Waals surface area contributed by atoms with Gasteiger partial charge in [0.05, 0.1) is 0 Å². The topological polar surface area (TPSA) is 55.1 Å². The quantitative estimate of drug-likeness (QED) is 0.580. The Morgan fingerprint density at radius 1 is 1.04 bits per heavy atom. The summed E-state index contributed by atoms with van der Waals surface area (Å²) in [6.07, 6.45) is 1.82. The average Bonchev–Trinajstić information content (AvgIpc) is 2.66. The number of aryl methyl sites for hydroxylation is 1. The molecule has 0 spiro atoms. The molecule has 0 bridgehead atoms. The zero-order valence-electron chi connectivity index (χ0n) is 14.5. The Hall–Kier alpha value is -2.98. The van der Waals surface area contributed by atoms with E-state index in [-0.39, 0.29) is 5.91 Å². The number of benzene rings is 3. The number of carbonyl (C=O) groups is 1. The molecule has 0 atom stereocenters. The molecule has 3 aromatic carbocycles. The highest BCUT2D eigenvalue weighted by Gasteiger charge is 2.13.